The highest BCUT2D eigenvalue weighted by Crippen LogP contribution is 2.11. The van der Waals surface area contributed by atoms with Gasteiger partial charge in [0.05, 0.1) is 5.69 Å². The van der Waals surface area contributed by atoms with E-state index in [2.05, 4.69) is 27.4 Å². The number of nitrogens with one attached hydrogen (secondary N) is 1. The van der Waals surface area contributed by atoms with Gasteiger partial charge in [0.1, 0.15) is 0 Å². The molecule has 3 aromatic heterocycles. The maximum absolute atomic E-state index is 4.46. The van der Waals surface area contributed by atoms with E-state index in [0.29, 0.717) is 12.5 Å². The first kappa shape index (κ1) is 12.7. The van der Waals surface area contributed by atoms with Gasteiger partial charge in [-0.05, 0) is 25.5 Å². The molecule has 1 N–H and O–H groups in total. The largest absolute Gasteiger partial charge is 0.349 e. The van der Waals surface area contributed by atoms with E-state index < -0.39 is 0 Å². The number of pyridine rings is 1. The predicted octanol–water partition coefficient (Wildman–Crippen LogP) is 1.95. The number of aromatic nitrogens is 5. The van der Waals surface area contributed by atoms with E-state index in [4.69, 9.17) is 0 Å². The summed E-state index contributed by atoms with van der Waals surface area (Å²) >= 11 is 0. The van der Waals surface area contributed by atoms with Crippen molar-refractivity contribution >= 4 is 11.6 Å². The topological polar surface area (TPSA) is 60.0 Å². The van der Waals surface area contributed by atoms with E-state index in [1.54, 1.807) is 0 Å². The molecule has 0 bridgehead atoms. The van der Waals surface area contributed by atoms with Crippen molar-refractivity contribution < 1.29 is 0 Å². The van der Waals surface area contributed by atoms with Gasteiger partial charge in [0.25, 0.3) is 0 Å². The van der Waals surface area contributed by atoms with Crippen molar-refractivity contribution in [2.24, 2.45) is 7.05 Å². The Hall–Kier alpha value is -2.37. The van der Waals surface area contributed by atoms with Crippen molar-refractivity contribution in [3.05, 3.63) is 41.3 Å². The molecule has 0 saturated carbocycles. The average molecular weight is 270 g/mol. The van der Waals surface area contributed by atoms with Crippen molar-refractivity contribution in [2.75, 3.05) is 5.32 Å². The van der Waals surface area contributed by atoms with E-state index in [9.17, 15) is 0 Å². The lowest BCUT2D eigenvalue weighted by Gasteiger charge is -2.00. The summed E-state index contributed by atoms with van der Waals surface area (Å²) in [5.41, 5.74) is 4.22. The Balaban J connectivity index is 1.81. The normalized spacial score (nSPS) is 11.2. The number of anilines is 1. The lowest BCUT2D eigenvalue weighted by atomic mass is 10.2. The van der Waals surface area contributed by atoms with Crippen LogP contribution in [0.1, 0.15) is 23.9 Å². The molecule has 0 aliphatic carbocycles. The number of hydrogen-bond donors (Lipinski definition) is 1. The van der Waals surface area contributed by atoms with Gasteiger partial charge in [-0.1, -0.05) is 13.0 Å². The zero-order chi connectivity index (χ0) is 14.1. The SMILES string of the molecule is CCc1nn(C)cc1CNc1nc2cccc(C)n2n1. The van der Waals surface area contributed by atoms with Gasteiger partial charge in [-0.25, -0.2) is 4.52 Å². The van der Waals surface area contributed by atoms with Crippen LogP contribution in [0.25, 0.3) is 5.65 Å². The third-order valence-electron chi connectivity index (χ3n) is 3.31. The van der Waals surface area contributed by atoms with E-state index in [0.717, 1.165) is 23.5 Å². The van der Waals surface area contributed by atoms with Gasteiger partial charge in [0, 0.05) is 31.0 Å². The van der Waals surface area contributed by atoms with Crippen LogP contribution in [0.2, 0.25) is 0 Å². The molecule has 104 valence electrons. The molecule has 20 heavy (non-hydrogen) atoms. The second kappa shape index (κ2) is 4.96. The molecule has 0 aliphatic rings. The van der Waals surface area contributed by atoms with Crippen LogP contribution < -0.4 is 5.32 Å². The molecular weight excluding hydrogens is 252 g/mol. The molecule has 3 heterocycles. The van der Waals surface area contributed by atoms with Crippen molar-refractivity contribution in [3.63, 3.8) is 0 Å². The lowest BCUT2D eigenvalue weighted by Crippen LogP contribution is -2.03. The molecule has 0 aromatic carbocycles. The molecule has 0 atom stereocenters. The fraction of sp³-hybridized carbons (Fsp3) is 0.357. The summed E-state index contributed by atoms with van der Waals surface area (Å²) in [5.74, 6) is 0.644. The van der Waals surface area contributed by atoms with Gasteiger partial charge in [-0.15, -0.1) is 5.10 Å². The van der Waals surface area contributed by atoms with Crippen molar-refractivity contribution in [1.82, 2.24) is 24.4 Å². The van der Waals surface area contributed by atoms with Crippen LogP contribution >= 0.6 is 0 Å². The zero-order valence-corrected chi connectivity index (χ0v) is 12.0. The van der Waals surface area contributed by atoms with Crippen molar-refractivity contribution in [1.29, 1.82) is 0 Å². The summed E-state index contributed by atoms with van der Waals surface area (Å²) < 4.78 is 3.68. The lowest BCUT2D eigenvalue weighted by molar-refractivity contribution is 0.746. The minimum atomic E-state index is 0.644. The Morgan fingerprint density at radius 1 is 1.25 bits per heavy atom. The molecule has 3 aromatic rings. The number of fused-ring (bicyclic) bond motifs is 1. The van der Waals surface area contributed by atoms with Crippen LogP contribution in [-0.4, -0.2) is 24.4 Å². The first-order valence-corrected chi connectivity index (χ1v) is 6.75. The predicted molar refractivity (Wildman–Crippen MR) is 77.6 cm³/mol. The van der Waals surface area contributed by atoms with Crippen LogP contribution in [0.3, 0.4) is 0 Å². The summed E-state index contributed by atoms with van der Waals surface area (Å²) in [6.07, 6.45) is 2.96. The molecule has 6 nitrogen and oxygen atoms in total. The minimum Gasteiger partial charge on any atom is -0.349 e. The summed E-state index contributed by atoms with van der Waals surface area (Å²) in [6.45, 7) is 4.81. The summed E-state index contributed by atoms with van der Waals surface area (Å²) in [4.78, 5) is 4.46. The van der Waals surface area contributed by atoms with Gasteiger partial charge in [-0.2, -0.15) is 10.1 Å². The first-order valence-electron chi connectivity index (χ1n) is 6.75. The van der Waals surface area contributed by atoms with Crippen molar-refractivity contribution in [3.8, 4) is 0 Å². The highest BCUT2D eigenvalue weighted by molar-refractivity contribution is 5.44. The second-order valence-electron chi connectivity index (χ2n) is 4.85. The first-order chi connectivity index (χ1) is 9.67. The number of nitrogens with zero attached hydrogens (tertiary/aromatic N) is 5. The maximum Gasteiger partial charge on any atom is 0.243 e. The third-order valence-corrected chi connectivity index (χ3v) is 3.31. The Labute approximate surface area is 117 Å². The minimum absolute atomic E-state index is 0.644. The van der Waals surface area contributed by atoms with Gasteiger partial charge in [0.2, 0.25) is 5.95 Å². The van der Waals surface area contributed by atoms with Gasteiger partial charge >= 0.3 is 0 Å². The molecule has 0 spiro atoms. The Kier molecular flexibility index (Phi) is 3.14. The fourth-order valence-electron chi connectivity index (χ4n) is 2.31. The molecule has 0 fully saturated rings. The maximum atomic E-state index is 4.46. The highest BCUT2D eigenvalue weighted by Gasteiger charge is 2.08. The summed E-state index contributed by atoms with van der Waals surface area (Å²) in [7, 11) is 1.94. The van der Waals surface area contributed by atoms with Crippen LogP contribution in [0.4, 0.5) is 5.95 Å². The standard InChI is InChI=1S/C14H18N6/c1-4-12-11(9-19(3)17-12)8-15-14-16-13-7-5-6-10(2)20(13)18-14/h5-7,9H,4,8H2,1-3H3,(H,15,18). The van der Waals surface area contributed by atoms with Gasteiger partial charge < -0.3 is 5.32 Å². The molecule has 0 unspecified atom stereocenters. The van der Waals surface area contributed by atoms with Gasteiger partial charge in [0.15, 0.2) is 5.65 Å². The van der Waals surface area contributed by atoms with Crippen LogP contribution in [-0.2, 0) is 20.0 Å². The molecule has 0 saturated heterocycles. The highest BCUT2D eigenvalue weighted by atomic mass is 15.4. The van der Waals surface area contributed by atoms with E-state index in [-0.39, 0.29) is 0 Å². The number of hydrogen-bond acceptors (Lipinski definition) is 4. The fourth-order valence-corrected chi connectivity index (χ4v) is 2.31. The van der Waals surface area contributed by atoms with Crippen LogP contribution in [0, 0.1) is 6.92 Å². The molecule has 0 aliphatic heterocycles. The number of aryl methyl sites for hydroxylation is 3. The number of rotatable bonds is 4. The molecule has 0 amide bonds. The molecule has 0 radical (unpaired) electrons. The zero-order valence-electron chi connectivity index (χ0n) is 12.0. The monoisotopic (exact) mass is 270 g/mol. The third kappa shape index (κ3) is 2.24. The molecule has 3 rings (SSSR count). The van der Waals surface area contributed by atoms with Crippen molar-refractivity contribution in [2.45, 2.75) is 26.8 Å². The van der Waals surface area contributed by atoms with Crippen LogP contribution in [0.15, 0.2) is 24.4 Å². The Bertz CT molecular complexity index is 739. The smallest absolute Gasteiger partial charge is 0.243 e. The van der Waals surface area contributed by atoms with E-state index >= 15 is 0 Å². The van der Waals surface area contributed by atoms with Crippen LogP contribution in [0.5, 0.6) is 0 Å². The molecule has 6 heteroatoms. The Morgan fingerprint density at radius 2 is 2.10 bits per heavy atom. The second-order valence-corrected chi connectivity index (χ2v) is 4.85. The van der Waals surface area contributed by atoms with E-state index in [1.165, 1.54) is 5.56 Å². The molecular formula is C14H18N6. The summed E-state index contributed by atoms with van der Waals surface area (Å²) in [6, 6.07) is 5.95. The van der Waals surface area contributed by atoms with Gasteiger partial charge in [-0.3, -0.25) is 4.68 Å². The average Bonchev–Trinajstić information content (AvgIpc) is 3.00. The summed E-state index contributed by atoms with van der Waals surface area (Å²) in [5, 5.41) is 12.2. The quantitative estimate of drug-likeness (QED) is 0.787. The van der Waals surface area contributed by atoms with E-state index in [1.807, 2.05) is 47.6 Å². The Morgan fingerprint density at radius 3 is 2.85 bits per heavy atom.